The molecule has 0 radical (unpaired) electrons. The standard InChI is InChI=1S/C24H25N5O3/c1-15(2)29-14-18-12-16(6-7-21(18)26-29)24-25-23(27-32-24)20-5-3-4-17-13-28(10-8-19(17)20)11-9-22(30)31/h3-7,12,14-15H,8-11,13H2,1-2H3,(H,30,31). The van der Waals surface area contributed by atoms with Gasteiger partial charge in [-0.25, -0.2) is 0 Å². The van der Waals surface area contributed by atoms with Crippen LogP contribution in [0.15, 0.2) is 47.1 Å². The highest BCUT2D eigenvalue weighted by molar-refractivity contribution is 5.83. The second-order valence-electron chi connectivity index (χ2n) is 8.51. The first-order chi connectivity index (χ1) is 15.5. The number of rotatable bonds is 6. The fraction of sp³-hybridized carbons (Fsp3) is 0.333. The first-order valence-corrected chi connectivity index (χ1v) is 10.9. The van der Waals surface area contributed by atoms with Crippen molar-refractivity contribution in [3.8, 4) is 22.8 Å². The summed E-state index contributed by atoms with van der Waals surface area (Å²) in [5, 5.41) is 18.8. The van der Waals surface area contributed by atoms with Gasteiger partial charge in [0.25, 0.3) is 5.89 Å². The van der Waals surface area contributed by atoms with Gasteiger partial charge in [-0.15, -0.1) is 0 Å². The zero-order chi connectivity index (χ0) is 22.2. The summed E-state index contributed by atoms with van der Waals surface area (Å²) in [7, 11) is 0. The highest BCUT2D eigenvalue weighted by Crippen LogP contribution is 2.31. The maximum atomic E-state index is 10.9. The van der Waals surface area contributed by atoms with E-state index in [1.165, 1.54) is 11.1 Å². The molecule has 8 heteroatoms. The number of aromatic nitrogens is 4. The van der Waals surface area contributed by atoms with E-state index in [-0.39, 0.29) is 6.42 Å². The molecular formula is C24H25N5O3. The zero-order valence-corrected chi connectivity index (χ0v) is 18.2. The normalized spacial score (nSPS) is 14.2. The predicted molar refractivity (Wildman–Crippen MR) is 120 cm³/mol. The number of carbonyl (C=O) groups is 1. The summed E-state index contributed by atoms with van der Waals surface area (Å²) in [4.78, 5) is 17.8. The van der Waals surface area contributed by atoms with Gasteiger partial charge in [-0.1, -0.05) is 23.4 Å². The Morgan fingerprint density at radius 1 is 1.25 bits per heavy atom. The lowest BCUT2D eigenvalue weighted by Gasteiger charge is -2.29. The van der Waals surface area contributed by atoms with Gasteiger partial charge in [0.05, 0.1) is 11.9 Å². The van der Waals surface area contributed by atoms with E-state index < -0.39 is 5.97 Å². The number of hydrogen-bond donors (Lipinski definition) is 1. The Balaban J connectivity index is 1.41. The molecule has 2 aromatic carbocycles. The van der Waals surface area contributed by atoms with E-state index in [0.29, 0.717) is 24.3 Å². The quantitative estimate of drug-likeness (QED) is 0.489. The Morgan fingerprint density at radius 2 is 2.12 bits per heavy atom. The van der Waals surface area contributed by atoms with Crippen molar-refractivity contribution in [3.05, 3.63) is 53.7 Å². The highest BCUT2D eigenvalue weighted by Gasteiger charge is 2.22. The van der Waals surface area contributed by atoms with Crippen LogP contribution in [0.4, 0.5) is 0 Å². The van der Waals surface area contributed by atoms with Crippen molar-refractivity contribution in [2.24, 2.45) is 0 Å². The van der Waals surface area contributed by atoms with Crippen LogP contribution in [0.3, 0.4) is 0 Å². The molecule has 0 amide bonds. The topological polar surface area (TPSA) is 97.3 Å². The second-order valence-corrected chi connectivity index (χ2v) is 8.51. The number of carboxylic acids is 1. The average Bonchev–Trinajstić information content (AvgIpc) is 3.44. The molecule has 0 spiro atoms. The van der Waals surface area contributed by atoms with E-state index in [1.54, 1.807) is 0 Å². The van der Waals surface area contributed by atoms with Crippen LogP contribution in [0.1, 0.15) is 37.4 Å². The summed E-state index contributed by atoms with van der Waals surface area (Å²) in [6.07, 6.45) is 3.02. The third-order valence-corrected chi connectivity index (χ3v) is 5.95. The summed E-state index contributed by atoms with van der Waals surface area (Å²) in [6, 6.07) is 12.4. The minimum absolute atomic E-state index is 0.156. The van der Waals surface area contributed by atoms with Gasteiger partial charge in [0.1, 0.15) is 0 Å². The third kappa shape index (κ3) is 3.89. The van der Waals surface area contributed by atoms with E-state index in [4.69, 9.17) is 9.63 Å². The molecule has 4 aromatic rings. The van der Waals surface area contributed by atoms with Crippen LogP contribution in [0.25, 0.3) is 33.7 Å². The van der Waals surface area contributed by atoms with Crippen LogP contribution in [0, 0.1) is 0 Å². The van der Waals surface area contributed by atoms with Crippen LogP contribution < -0.4 is 0 Å². The fourth-order valence-corrected chi connectivity index (χ4v) is 4.21. The van der Waals surface area contributed by atoms with Gasteiger partial charge in [-0.3, -0.25) is 14.4 Å². The molecule has 5 rings (SSSR count). The summed E-state index contributed by atoms with van der Waals surface area (Å²) in [6.45, 7) is 6.31. The number of fused-ring (bicyclic) bond motifs is 2. The molecule has 2 aromatic heterocycles. The van der Waals surface area contributed by atoms with Gasteiger partial charge in [-0.2, -0.15) is 10.1 Å². The fourth-order valence-electron chi connectivity index (χ4n) is 4.21. The van der Waals surface area contributed by atoms with Crippen molar-refractivity contribution in [2.45, 2.75) is 39.3 Å². The number of carboxylic acid groups (broad SMARTS) is 1. The van der Waals surface area contributed by atoms with Gasteiger partial charge >= 0.3 is 5.97 Å². The molecule has 0 unspecified atom stereocenters. The molecule has 0 saturated heterocycles. The van der Waals surface area contributed by atoms with Crippen molar-refractivity contribution in [1.29, 1.82) is 0 Å². The molecule has 0 saturated carbocycles. The van der Waals surface area contributed by atoms with Gasteiger partial charge in [0, 0.05) is 48.4 Å². The molecular weight excluding hydrogens is 406 g/mol. The number of nitrogens with zero attached hydrogens (tertiary/aromatic N) is 5. The summed E-state index contributed by atoms with van der Waals surface area (Å²) in [5.74, 6) is 0.295. The van der Waals surface area contributed by atoms with E-state index in [0.717, 1.165) is 41.5 Å². The van der Waals surface area contributed by atoms with Crippen molar-refractivity contribution in [2.75, 3.05) is 13.1 Å². The number of benzene rings is 2. The van der Waals surface area contributed by atoms with Gasteiger partial charge in [0.15, 0.2) is 0 Å². The van der Waals surface area contributed by atoms with E-state index >= 15 is 0 Å². The molecule has 8 nitrogen and oxygen atoms in total. The number of aliphatic carboxylic acids is 1. The Hall–Kier alpha value is -3.52. The van der Waals surface area contributed by atoms with Crippen molar-refractivity contribution < 1.29 is 14.4 Å². The molecule has 0 atom stereocenters. The molecule has 0 bridgehead atoms. The molecule has 3 heterocycles. The molecule has 1 aliphatic rings. The zero-order valence-electron chi connectivity index (χ0n) is 18.2. The highest BCUT2D eigenvalue weighted by atomic mass is 16.5. The summed E-state index contributed by atoms with van der Waals surface area (Å²) in [5.41, 5.74) is 5.17. The first-order valence-electron chi connectivity index (χ1n) is 10.9. The van der Waals surface area contributed by atoms with Crippen LogP contribution in [-0.2, 0) is 17.8 Å². The van der Waals surface area contributed by atoms with Gasteiger partial charge < -0.3 is 9.63 Å². The SMILES string of the molecule is CC(C)n1cc2cc(-c3nc(-c4cccc5c4CCN(CCC(=O)O)C5)no3)ccc2n1. The van der Waals surface area contributed by atoms with Crippen molar-refractivity contribution in [3.63, 3.8) is 0 Å². The summed E-state index contributed by atoms with van der Waals surface area (Å²) >= 11 is 0. The Bertz CT molecular complexity index is 1290. The second kappa shape index (κ2) is 8.20. The molecule has 1 N–H and O–H groups in total. The molecule has 0 fully saturated rings. The minimum atomic E-state index is -0.765. The van der Waals surface area contributed by atoms with Crippen LogP contribution in [0.5, 0.6) is 0 Å². The largest absolute Gasteiger partial charge is 0.481 e. The Morgan fingerprint density at radius 3 is 2.94 bits per heavy atom. The third-order valence-electron chi connectivity index (χ3n) is 5.95. The Kier molecular flexibility index (Phi) is 5.22. The van der Waals surface area contributed by atoms with E-state index in [2.05, 4.69) is 40.1 Å². The average molecular weight is 431 g/mol. The van der Waals surface area contributed by atoms with E-state index in [1.807, 2.05) is 41.2 Å². The maximum Gasteiger partial charge on any atom is 0.304 e. The van der Waals surface area contributed by atoms with Gasteiger partial charge in [0.2, 0.25) is 5.82 Å². The molecule has 0 aliphatic carbocycles. The lowest BCUT2D eigenvalue weighted by atomic mass is 9.94. The van der Waals surface area contributed by atoms with Crippen LogP contribution in [-0.4, -0.2) is 49.0 Å². The predicted octanol–water partition coefficient (Wildman–Crippen LogP) is 4.17. The van der Waals surface area contributed by atoms with Crippen LogP contribution >= 0.6 is 0 Å². The lowest BCUT2D eigenvalue weighted by Crippen LogP contribution is -2.32. The lowest BCUT2D eigenvalue weighted by molar-refractivity contribution is -0.137. The van der Waals surface area contributed by atoms with Crippen molar-refractivity contribution in [1.82, 2.24) is 24.8 Å². The van der Waals surface area contributed by atoms with E-state index in [9.17, 15) is 4.79 Å². The Labute approximate surface area is 185 Å². The summed E-state index contributed by atoms with van der Waals surface area (Å²) < 4.78 is 7.57. The monoisotopic (exact) mass is 431 g/mol. The maximum absolute atomic E-state index is 10.9. The first kappa shape index (κ1) is 20.4. The molecule has 164 valence electrons. The smallest absolute Gasteiger partial charge is 0.304 e. The van der Waals surface area contributed by atoms with Crippen molar-refractivity contribution >= 4 is 16.9 Å². The van der Waals surface area contributed by atoms with Gasteiger partial charge in [-0.05, 0) is 49.6 Å². The minimum Gasteiger partial charge on any atom is -0.481 e. The number of hydrogen-bond acceptors (Lipinski definition) is 6. The van der Waals surface area contributed by atoms with Crippen LogP contribution in [0.2, 0.25) is 0 Å². The molecule has 32 heavy (non-hydrogen) atoms. The molecule has 1 aliphatic heterocycles.